The van der Waals surface area contributed by atoms with Crippen LogP contribution in [0.1, 0.15) is 24.8 Å². The zero-order chi connectivity index (χ0) is 14.4. The second-order valence-corrected chi connectivity index (χ2v) is 8.34. The van der Waals surface area contributed by atoms with E-state index in [0.29, 0.717) is 11.4 Å². The van der Waals surface area contributed by atoms with E-state index in [9.17, 15) is 13.2 Å². The van der Waals surface area contributed by atoms with Gasteiger partial charge in [0.1, 0.15) is 0 Å². The predicted molar refractivity (Wildman–Crippen MR) is 77.3 cm³/mol. The van der Waals surface area contributed by atoms with E-state index in [2.05, 4.69) is 5.32 Å². The van der Waals surface area contributed by atoms with E-state index in [1.54, 1.807) is 0 Å². The van der Waals surface area contributed by atoms with Crippen LogP contribution in [0.15, 0.2) is 24.3 Å². The van der Waals surface area contributed by atoms with E-state index < -0.39 is 15.8 Å². The van der Waals surface area contributed by atoms with Gasteiger partial charge in [-0.3, -0.25) is 4.79 Å². The molecule has 1 amide bonds. The largest absolute Gasteiger partial charge is 0.346 e. The van der Waals surface area contributed by atoms with Crippen molar-refractivity contribution in [3.63, 3.8) is 0 Å². The zero-order valence-electron chi connectivity index (χ0n) is 10.9. The first-order valence-electron chi connectivity index (χ1n) is 6.69. The summed E-state index contributed by atoms with van der Waals surface area (Å²) >= 11 is 5.87. The molecule has 108 valence electrons. The first-order valence-corrected chi connectivity index (χ1v) is 8.89. The lowest BCUT2D eigenvalue weighted by Crippen LogP contribution is -2.39. The van der Waals surface area contributed by atoms with Gasteiger partial charge in [-0.25, -0.2) is 8.42 Å². The minimum Gasteiger partial charge on any atom is -0.346 e. The van der Waals surface area contributed by atoms with E-state index in [-0.39, 0.29) is 23.0 Å². The van der Waals surface area contributed by atoms with E-state index in [1.165, 1.54) is 0 Å². The van der Waals surface area contributed by atoms with Crippen LogP contribution >= 0.6 is 11.6 Å². The molecule has 1 saturated carbocycles. The molecule has 1 N–H and O–H groups in total. The van der Waals surface area contributed by atoms with E-state index in [0.717, 1.165) is 18.4 Å². The summed E-state index contributed by atoms with van der Waals surface area (Å²) in [7, 11) is -3.02. The van der Waals surface area contributed by atoms with E-state index in [4.69, 9.17) is 11.6 Å². The Labute approximate surface area is 123 Å². The summed E-state index contributed by atoms with van der Waals surface area (Å²) in [6.07, 6.45) is 2.21. The van der Waals surface area contributed by atoms with Crippen LogP contribution < -0.4 is 5.32 Å². The summed E-state index contributed by atoms with van der Waals surface area (Å²) in [6, 6.07) is 7.45. The van der Waals surface area contributed by atoms with Gasteiger partial charge in [0.2, 0.25) is 5.91 Å². The van der Waals surface area contributed by atoms with Crippen LogP contribution in [0.4, 0.5) is 0 Å². The smallest absolute Gasteiger partial charge is 0.224 e. The molecule has 1 aliphatic carbocycles. The van der Waals surface area contributed by atoms with Crippen LogP contribution in [-0.4, -0.2) is 25.8 Å². The van der Waals surface area contributed by atoms with Crippen LogP contribution in [0.25, 0.3) is 0 Å². The van der Waals surface area contributed by atoms with Gasteiger partial charge in [0.25, 0.3) is 0 Å². The highest BCUT2D eigenvalue weighted by atomic mass is 35.5. The Balaban J connectivity index is 1.71. The number of amides is 1. The van der Waals surface area contributed by atoms with Crippen molar-refractivity contribution in [3.8, 4) is 0 Å². The molecule has 0 spiro atoms. The first kappa shape index (κ1) is 13.9. The van der Waals surface area contributed by atoms with Gasteiger partial charge in [0.15, 0.2) is 9.84 Å². The van der Waals surface area contributed by atoms with Crippen molar-refractivity contribution in [1.82, 2.24) is 5.32 Å². The van der Waals surface area contributed by atoms with Crippen LogP contribution in [0.5, 0.6) is 0 Å². The van der Waals surface area contributed by atoms with Crippen molar-refractivity contribution < 1.29 is 13.2 Å². The van der Waals surface area contributed by atoms with Gasteiger partial charge in [-0.2, -0.15) is 0 Å². The Hall–Kier alpha value is -1.07. The minimum absolute atomic E-state index is 0.0183. The number of rotatable bonds is 3. The van der Waals surface area contributed by atoms with Gasteiger partial charge in [-0.15, -0.1) is 0 Å². The molecule has 4 nitrogen and oxygen atoms in total. The highest BCUT2D eigenvalue weighted by Crippen LogP contribution is 2.46. The Morgan fingerprint density at radius 1 is 1.25 bits per heavy atom. The molecule has 1 aromatic carbocycles. The summed E-state index contributed by atoms with van der Waals surface area (Å²) in [5.41, 5.74) is 0.727. The van der Waals surface area contributed by atoms with Crippen molar-refractivity contribution in [2.45, 2.75) is 24.8 Å². The highest BCUT2D eigenvalue weighted by molar-refractivity contribution is 7.91. The molecular weight excluding hydrogens is 298 g/mol. The molecule has 0 radical (unpaired) electrons. The molecule has 0 aromatic heterocycles. The zero-order valence-corrected chi connectivity index (χ0v) is 12.5. The van der Waals surface area contributed by atoms with Crippen LogP contribution in [0.3, 0.4) is 0 Å². The Morgan fingerprint density at radius 2 is 1.90 bits per heavy atom. The van der Waals surface area contributed by atoms with Crippen LogP contribution in [0.2, 0.25) is 5.02 Å². The molecule has 2 aliphatic rings. The van der Waals surface area contributed by atoms with Crippen molar-refractivity contribution in [3.05, 3.63) is 34.9 Å². The summed E-state index contributed by atoms with van der Waals surface area (Å²) < 4.78 is 22.9. The van der Waals surface area contributed by atoms with E-state index in [1.807, 2.05) is 24.3 Å². The van der Waals surface area contributed by atoms with E-state index >= 15 is 0 Å². The Kier molecular flexibility index (Phi) is 3.29. The Bertz CT molecular complexity index is 635. The van der Waals surface area contributed by atoms with Gasteiger partial charge in [0, 0.05) is 5.02 Å². The molecule has 1 atom stereocenters. The third-order valence-electron chi connectivity index (χ3n) is 4.11. The molecule has 1 aliphatic heterocycles. The van der Waals surface area contributed by atoms with Gasteiger partial charge >= 0.3 is 0 Å². The summed E-state index contributed by atoms with van der Waals surface area (Å²) in [4.78, 5) is 12.2. The average molecular weight is 314 g/mol. The lowest BCUT2D eigenvalue weighted by atomic mass is 10.0. The van der Waals surface area contributed by atoms with Crippen molar-refractivity contribution in [2.75, 3.05) is 11.5 Å². The highest BCUT2D eigenvalue weighted by Gasteiger charge is 2.47. The molecule has 0 bridgehead atoms. The number of halogens is 1. The molecular formula is C14H16ClNO3S. The third-order valence-corrected chi connectivity index (χ3v) is 6.13. The summed E-state index contributed by atoms with van der Waals surface area (Å²) in [5, 5.41) is 3.70. The lowest BCUT2D eigenvalue weighted by Gasteiger charge is -2.20. The quantitative estimate of drug-likeness (QED) is 0.926. The van der Waals surface area contributed by atoms with Crippen molar-refractivity contribution >= 4 is 27.3 Å². The SMILES string of the molecule is O=C(NC1(c2ccc(Cl)cc2)CC1)C1CCS(=O)(=O)C1. The molecule has 3 rings (SSSR count). The molecule has 2 fully saturated rings. The number of hydrogen-bond acceptors (Lipinski definition) is 3. The molecule has 20 heavy (non-hydrogen) atoms. The maximum absolute atomic E-state index is 12.2. The van der Waals surface area contributed by atoms with Crippen molar-refractivity contribution in [2.24, 2.45) is 5.92 Å². The number of hydrogen-bond donors (Lipinski definition) is 1. The molecule has 1 heterocycles. The van der Waals surface area contributed by atoms with Crippen LogP contribution in [0, 0.1) is 5.92 Å². The van der Waals surface area contributed by atoms with Crippen molar-refractivity contribution in [1.29, 1.82) is 0 Å². The first-order chi connectivity index (χ1) is 9.40. The number of carbonyl (C=O) groups excluding carboxylic acids is 1. The van der Waals surface area contributed by atoms with Gasteiger partial charge < -0.3 is 5.32 Å². The molecule has 1 aromatic rings. The average Bonchev–Trinajstić information content (AvgIpc) is 3.07. The standard InChI is InChI=1S/C14H16ClNO3S/c15-12-3-1-11(2-4-12)14(6-7-14)16-13(17)10-5-8-20(18,19)9-10/h1-4,10H,5-9H2,(H,16,17). The molecule has 1 unspecified atom stereocenters. The fraction of sp³-hybridized carbons (Fsp3) is 0.500. The minimum atomic E-state index is -3.02. The second kappa shape index (κ2) is 4.74. The number of benzene rings is 1. The number of sulfone groups is 1. The third kappa shape index (κ3) is 2.69. The number of carbonyl (C=O) groups is 1. The normalized spacial score (nSPS) is 26.1. The molecule has 6 heteroatoms. The predicted octanol–water partition coefficient (Wildman–Crippen LogP) is 1.88. The monoisotopic (exact) mass is 313 g/mol. The van der Waals surface area contributed by atoms with Gasteiger partial charge in [0.05, 0.1) is 23.0 Å². The topological polar surface area (TPSA) is 63.2 Å². The fourth-order valence-corrected chi connectivity index (χ4v) is 4.59. The second-order valence-electron chi connectivity index (χ2n) is 5.68. The molecule has 1 saturated heterocycles. The Morgan fingerprint density at radius 3 is 2.40 bits per heavy atom. The van der Waals surface area contributed by atoms with Gasteiger partial charge in [-0.1, -0.05) is 23.7 Å². The summed E-state index contributed by atoms with van der Waals surface area (Å²) in [5.74, 6) is -0.433. The lowest BCUT2D eigenvalue weighted by molar-refractivity contribution is -0.125. The number of nitrogens with one attached hydrogen (secondary N) is 1. The maximum Gasteiger partial charge on any atom is 0.224 e. The summed E-state index contributed by atoms with van der Waals surface area (Å²) in [6.45, 7) is 0. The van der Waals surface area contributed by atoms with Crippen LogP contribution in [-0.2, 0) is 20.2 Å². The van der Waals surface area contributed by atoms with Gasteiger partial charge in [-0.05, 0) is 37.0 Å². The fourth-order valence-electron chi connectivity index (χ4n) is 2.72. The maximum atomic E-state index is 12.2.